The summed E-state index contributed by atoms with van der Waals surface area (Å²) in [6.07, 6.45) is 1.96. The number of furan rings is 1. The Bertz CT molecular complexity index is 3940. The van der Waals surface area contributed by atoms with Crippen LogP contribution >= 0.6 is 0 Å². The van der Waals surface area contributed by atoms with Crippen LogP contribution in [0.3, 0.4) is 0 Å². The van der Waals surface area contributed by atoms with Gasteiger partial charge in [-0.1, -0.05) is 176 Å². The van der Waals surface area contributed by atoms with Gasteiger partial charge in [0.15, 0.2) is 17.5 Å². The van der Waals surface area contributed by atoms with Crippen LogP contribution in [-0.2, 0) is 0 Å². The van der Waals surface area contributed by atoms with E-state index in [1.165, 1.54) is 10.8 Å². The summed E-state index contributed by atoms with van der Waals surface area (Å²) in [4.78, 5) is 20.8. The van der Waals surface area contributed by atoms with Gasteiger partial charge in [-0.15, -0.1) is 0 Å². The van der Waals surface area contributed by atoms with Gasteiger partial charge in [-0.25, -0.2) is 15.0 Å². The highest BCUT2D eigenvalue weighted by atomic mass is 16.3. The van der Waals surface area contributed by atoms with Gasteiger partial charge >= 0.3 is 0 Å². The van der Waals surface area contributed by atoms with Gasteiger partial charge in [0, 0.05) is 67.3 Å². The van der Waals surface area contributed by atoms with E-state index in [-0.39, 0.29) is 0 Å². The molecule has 0 saturated carbocycles. The van der Waals surface area contributed by atoms with Crippen LogP contribution in [-0.4, -0.2) is 24.5 Å². The molecule has 6 nitrogen and oxygen atoms in total. The molecule has 0 aliphatic rings. The van der Waals surface area contributed by atoms with E-state index in [0.29, 0.717) is 17.5 Å². The molecular weight excluding hydrogens is 831 g/mol. The quantitative estimate of drug-likeness (QED) is 0.152. The lowest BCUT2D eigenvalue weighted by Crippen LogP contribution is -2.02. The first-order valence-corrected chi connectivity index (χ1v) is 22.8. The van der Waals surface area contributed by atoms with Crippen LogP contribution in [0, 0.1) is 0 Å². The predicted octanol–water partition coefficient (Wildman–Crippen LogP) is 15.9. The molecule has 0 aliphatic carbocycles. The number of pyridine rings is 1. The smallest absolute Gasteiger partial charge is 0.164 e. The summed E-state index contributed by atoms with van der Waals surface area (Å²) >= 11 is 0. The fraction of sp³-hybridized carbons (Fsp3) is 0. The normalized spacial score (nSPS) is 11.5. The molecule has 0 unspecified atom stereocenters. The Morgan fingerprint density at radius 1 is 0.309 bits per heavy atom. The third kappa shape index (κ3) is 6.82. The van der Waals surface area contributed by atoms with Gasteiger partial charge in [-0.3, -0.25) is 4.98 Å². The summed E-state index contributed by atoms with van der Waals surface area (Å²) in [6, 6.07) is 80.1. The van der Waals surface area contributed by atoms with Gasteiger partial charge in [0.1, 0.15) is 11.2 Å². The standard InChI is InChI=1S/C62H39N5O/c1-6-18-40(19-7-1)47-32-31-45(34-50(47)41-20-8-2-9-21-41)55-37-53(62-65-60(42-22-10-3-11-23-42)64-61(66-62)43-24-12-4-13-25-43)54(39-63-55)44-30-33-49-52-36-51-48-28-16-17-29-56(48)67(46-26-14-5-15-27-46)57(51)38-59(52)68-58(49)35-44/h1-39H. The molecule has 0 saturated heterocycles. The third-order valence-electron chi connectivity index (χ3n) is 12.9. The van der Waals surface area contributed by atoms with Crippen LogP contribution in [0.2, 0.25) is 0 Å². The van der Waals surface area contributed by atoms with Crippen molar-refractivity contribution in [2.45, 2.75) is 0 Å². The largest absolute Gasteiger partial charge is 0.456 e. The minimum Gasteiger partial charge on any atom is -0.456 e. The Morgan fingerprint density at radius 2 is 0.868 bits per heavy atom. The van der Waals surface area contributed by atoms with E-state index in [9.17, 15) is 0 Å². The molecule has 4 aromatic heterocycles. The van der Waals surface area contributed by atoms with E-state index in [0.717, 1.165) is 100.0 Å². The minimum atomic E-state index is 0.543. The van der Waals surface area contributed by atoms with Gasteiger partial charge in [-0.2, -0.15) is 0 Å². The summed E-state index contributed by atoms with van der Waals surface area (Å²) in [7, 11) is 0. The first-order valence-electron chi connectivity index (χ1n) is 22.8. The van der Waals surface area contributed by atoms with Crippen LogP contribution in [0.5, 0.6) is 0 Å². The number of rotatable bonds is 8. The van der Waals surface area contributed by atoms with Crippen molar-refractivity contribution in [2.24, 2.45) is 0 Å². The van der Waals surface area contributed by atoms with Crippen LogP contribution in [0.25, 0.3) is 128 Å². The van der Waals surface area contributed by atoms with Crippen molar-refractivity contribution in [2.75, 3.05) is 0 Å². The molecule has 0 atom stereocenters. The molecule has 13 rings (SSSR count). The highest BCUT2D eigenvalue weighted by molar-refractivity contribution is 6.17. The Hall–Kier alpha value is -9.26. The SMILES string of the molecule is c1ccc(-c2nc(-c3ccccc3)nc(-c3cc(-c4ccc(-c5ccccc5)c(-c5ccccc5)c4)ncc3-c3ccc4c(c3)oc3cc5c(cc34)c3ccccc3n5-c3ccccc3)n2)cc1. The van der Waals surface area contributed by atoms with Crippen LogP contribution in [0.1, 0.15) is 0 Å². The molecule has 9 aromatic carbocycles. The Labute approximate surface area is 392 Å². The lowest BCUT2D eigenvalue weighted by molar-refractivity contribution is 0.669. The fourth-order valence-corrected chi connectivity index (χ4v) is 9.65. The molecule has 13 aromatic rings. The van der Waals surface area contributed by atoms with Gasteiger partial charge in [0.05, 0.1) is 16.7 Å². The second-order valence-corrected chi connectivity index (χ2v) is 17.0. The third-order valence-corrected chi connectivity index (χ3v) is 12.9. The van der Waals surface area contributed by atoms with Crippen molar-refractivity contribution in [3.8, 4) is 84.5 Å². The van der Waals surface area contributed by atoms with E-state index >= 15 is 0 Å². The van der Waals surface area contributed by atoms with Gasteiger partial charge < -0.3 is 8.98 Å². The second kappa shape index (κ2) is 16.3. The van der Waals surface area contributed by atoms with Crippen molar-refractivity contribution in [3.05, 3.63) is 237 Å². The number of hydrogen-bond donors (Lipinski definition) is 0. The Kier molecular flexibility index (Phi) is 9.39. The van der Waals surface area contributed by atoms with Crippen LogP contribution in [0.15, 0.2) is 241 Å². The molecule has 0 fully saturated rings. The zero-order valence-corrected chi connectivity index (χ0v) is 36.7. The molecular formula is C62H39N5O. The summed E-state index contributed by atoms with van der Waals surface area (Å²) in [5.41, 5.74) is 15.7. The number of hydrogen-bond acceptors (Lipinski definition) is 5. The number of fused-ring (bicyclic) bond motifs is 6. The second-order valence-electron chi connectivity index (χ2n) is 17.0. The van der Waals surface area contributed by atoms with Crippen LogP contribution in [0.4, 0.5) is 0 Å². The molecule has 68 heavy (non-hydrogen) atoms. The van der Waals surface area contributed by atoms with Gasteiger partial charge in [0.25, 0.3) is 0 Å². The molecule has 0 amide bonds. The highest BCUT2D eigenvalue weighted by Gasteiger charge is 2.21. The Morgan fingerprint density at radius 3 is 1.54 bits per heavy atom. The van der Waals surface area contributed by atoms with E-state index in [2.05, 4.69) is 174 Å². The molecule has 0 aliphatic heterocycles. The van der Waals surface area contributed by atoms with E-state index in [4.69, 9.17) is 24.4 Å². The number of benzene rings is 9. The summed E-state index contributed by atoms with van der Waals surface area (Å²) in [5.74, 6) is 1.72. The molecule has 0 radical (unpaired) electrons. The summed E-state index contributed by atoms with van der Waals surface area (Å²) in [6.45, 7) is 0. The van der Waals surface area contributed by atoms with E-state index in [1.54, 1.807) is 0 Å². The fourth-order valence-electron chi connectivity index (χ4n) is 9.65. The summed E-state index contributed by atoms with van der Waals surface area (Å²) in [5, 5.41) is 4.48. The monoisotopic (exact) mass is 869 g/mol. The van der Waals surface area contributed by atoms with Crippen LogP contribution < -0.4 is 0 Å². The Balaban J connectivity index is 1.02. The molecule has 6 heteroatoms. The van der Waals surface area contributed by atoms with Crippen molar-refractivity contribution >= 4 is 43.7 Å². The van der Waals surface area contributed by atoms with E-state index < -0.39 is 0 Å². The lowest BCUT2D eigenvalue weighted by Gasteiger charge is -2.15. The van der Waals surface area contributed by atoms with Gasteiger partial charge in [-0.05, 0) is 76.3 Å². The maximum Gasteiger partial charge on any atom is 0.164 e. The molecule has 0 spiro atoms. The first kappa shape index (κ1) is 39.1. The van der Waals surface area contributed by atoms with Crippen molar-refractivity contribution in [1.29, 1.82) is 0 Å². The topological polar surface area (TPSA) is 69.6 Å². The lowest BCUT2D eigenvalue weighted by atomic mass is 9.91. The molecule has 0 N–H and O–H groups in total. The number of aromatic nitrogens is 5. The maximum atomic E-state index is 6.83. The molecule has 318 valence electrons. The zero-order chi connectivity index (χ0) is 45.0. The average Bonchev–Trinajstić information content (AvgIpc) is 3.95. The van der Waals surface area contributed by atoms with Crippen molar-refractivity contribution in [1.82, 2.24) is 24.5 Å². The molecule has 0 bridgehead atoms. The zero-order valence-electron chi connectivity index (χ0n) is 36.7. The number of nitrogens with zero attached hydrogens (tertiary/aromatic N) is 5. The molecule has 4 heterocycles. The summed E-state index contributed by atoms with van der Waals surface area (Å²) < 4.78 is 9.15. The van der Waals surface area contributed by atoms with E-state index in [1.807, 2.05) is 66.9 Å². The first-order chi connectivity index (χ1) is 33.7. The number of para-hydroxylation sites is 2. The van der Waals surface area contributed by atoms with Gasteiger partial charge in [0.2, 0.25) is 0 Å². The highest BCUT2D eigenvalue weighted by Crippen LogP contribution is 2.42. The maximum absolute atomic E-state index is 6.83. The van der Waals surface area contributed by atoms with Crippen molar-refractivity contribution < 1.29 is 4.42 Å². The minimum absolute atomic E-state index is 0.543. The average molecular weight is 870 g/mol. The predicted molar refractivity (Wildman–Crippen MR) is 277 cm³/mol. The van der Waals surface area contributed by atoms with Crippen molar-refractivity contribution in [3.63, 3.8) is 0 Å².